The summed E-state index contributed by atoms with van der Waals surface area (Å²) in [5.41, 5.74) is 0.597. The number of benzene rings is 1. The molecule has 1 aromatic heterocycles. The van der Waals surface area contributed by atoms with Crippen molar-refractivity contribution < 1.29 is 4.39 Å². The normalized spacial score (nSPS) is 10.3. The molecule has 0 bridgehead atoms. The number of halogens is 2. The van der Waals surface area contributed by atoms with Gasteiger partial charge in [0, 0.05) is 6.07 Å². The van der Waals surface area contributed by atoms with Crippen molar-refractivity contribution in [1.82, 2.24) is 14.8 Å². The second-order valence-corrected chi connectivity index (χ2v) is 2.85. The predicted octanol–water partition coefficient (Wildman–Crippen LogP) is 2.06. The molecule has 5 heteroatoms. The molecular weight excluding hydrogens is 193 g/mol. The molecule has 13 heavy (non-hydrogen) atoms. The highest BCUT2D eigenvalue weighted by Crippen LogP contribution is 2.17. The Morgan fingerprint density at radius 3 is 2.85 bits per heavy atom. The minimum atomic E-state index is -0.463. The molecule has 1 heterocycles. The summed E-state index contributed by atoms with van der Waals surface area (Å²) in [7, 11) is 0. The molecule has 0 aliphatic rings. The molecule has 0 fully saturated rings. The monoisotopic (exact) mass is 197 g/mol. The summed E-state index contributed by atoms with van der Waals surface area (Å²) in [6.07, 6.45) is 2.87. The first-order valence-corrected chi connectivity index (χ1v) is 3.95. The van der Waals surface area contributed by atoms with Crippen LogP contribution in [0.25, 0.3) is 5.69 Å². The van der Waals surface area contributed by atoms with Gasteiger partial charge in [0.05, 0.1) is 10.7 Å². The highest BCUT2D eigenvalue weighted by Gasteiger charge is 2.02. The average molecular weight is 198 g/mol. The summed E-state index contributed by atoms with van der Waals surface area (Å²) in [5.74, 6) is -0.463. The van der Waals surface area contributed by atoms with Gasteiger partial charge in [-0.1, -0.05) is 11.6 Å². The van der Waals surface area contributed by atoms with Crippen LogP contribution in [0.5, 0.6) is 0 Å². The van der Waals surface area contributed by atoms with E-state index >= 15 is 0 Å². The third-order valence-corrected chi connectivity index (χ3v) is 1.89. The maximum Gasteiger partial charge on any atom is 0.143 e. The van der Waals surface area contributed by atoms with Crippen LogP contribution in [0.4, 0.5) is 4.39 Å². The largest absolute Gasteiger partial charge is 0.223 e. The molecule has 66 valence electrons. The molecular formula is C8H5ClFN3. The van der Waals surface area contributed by atoms with Crippen LogP contribution in [0.15, 0.2) is 30.9 Å². The van der Waals surface area contributed by atoms with E-state index in [-0.39, 0.29) is 5.02 Å². The van der Waals surface area contributed by atoms with Gasteiger partial charge in [-0.2, -0.15) is 5.10 Å². The van der Waals surface area contributed by atoms with Gasteiger partial charge in [-0.05, 0) is 12.1 Å². The van der Waals surface area contributed by atoms with Gasteiger partial charge in [-0.3, -0.25) is 0 Å². The van der Waals surface area contributed by atoms with E-state index in [2.05, 4.69) is 10.1 Å². The van der Waals surface area contributed by atoms with E-state index in [9.17, 15) is 4.39 Å². The Labute approximate surface area is 78.8 Å². The Hall–Kier alpha value is -1.42. The van der Waals surface area contributed by atoms with E-state index in [0.717, 1.165) is 0 Å². The maximum atomic E-state index is 13.0. The quantitative estimate of drug-likeness (QED) is 0.701. The highest BCUT2D eigenvalue weighted by atomic mass is 35.5. The fraction of sp³-hybridized carbons (Fsp3) is 0. The Kier molecular flexibility index (Phi) is 1.98. The molecule has 0 aliphatic heterocycles. The number of hydrogen-bond acceptors (Lipinski definition) is 2. The molecule has 0 saturated heterocycles. The SMILES string of the molecule is Fc1cc(-n2cncn2)ccc1Cl. The lowest BCUT2D eigenvalue weighted by Crippen LogP contribution is -1.94. The van der Waals surface area contributed by atoms with E-state index in [1.807, 2.05) is 0 Å². The molecule has 0 saturated carbocycles. The van der Waals surface area contributed by atoms with Crippen LogP contribution >= 0.6 is 11.6 Å². The topological polar surface area (TPSA) is 30.7 Å². The van der Waals surface area contributed by atoms with Gasteiger partial charge < -0.3 is 0 Å². The van der Waals surface area contributed by atoms with Crippen molar-refractivity contribution in [3.63, 3.8) is 0 Å². The standard InChI is InChI=1S/C8H5ClFN3/c9-7-2-1-6(3-8(7)10)13-5-11-4-12-13/h1-5H. The van der Waals surface area contributed by atoms with Crippen LogP contribution in [0.1, 0.15) is 0 Å². The van der Waals surface area contributed by atoms with E-state index in [1.54, 1.807) is 6.07 Å². The van der Waals surface area contributed by atoms with Gasteiger partial charge in [0.25, 0.3) is 0 Å². The maximum absolute atomic E-state index is 13.0. The Balaban J connectivity index is 2.49. The zero-order chi connectivity index (χ0) is 9.26. The Morgan fingerprint density at radius 2 is 2.23 bits per heavy atom. The summed E-state index contributed by atoms with van der Waals surface area (Å²) in [6.45, 7) is 0. The number of hydrogen-bond donors (Lipinski definition) is 0. The Bertz CT molecular complexity index is 413. The first kappa shape index (κ1) is 8.19. The average Bonchev–Trinajstić information content (AvgIpc) is 2.62. The minimum absolute atomic E-state index is 0.101. The van der Waals surface area contributed by atoms with Crippen molar-refractivity contribution >= 4 is 11.6 Å². The van der Waals surface area contributed by atoms with Crippen LogP contribution in [-0.4, -0.2) is 14.8 Å². The van der Waals surface area contributed by atoms with Gasteiger partial charge in [0.15, 0.2) is 0 Å². The molecule has 0 N–H and O–H groups in total. The summed E-state index contributed by atoms with van der Waals surface area (Å²) in [5, 5.41) is 3.95. The molecule has 1 aromatic carbocycles. The van der Waals surface area contributed by atoms with E-state index in [1.165, 1.54) is 29.5 Å². The molecule has 0 amide bonds. The van der Waals surface area contributed by atoms with Gasteiger partial charge in [-0.15, -0.1) is 0 Å². The van der Waals surface area contributed by atoms with Crippen LogP contribution in [0, 0.1) is 5.82 Å². The highest BCUT2D eigenvalue weighted by molar-refractivity contribution is 6.30. The molecule has 0 unspecified atom stereocenters. The second kappa shape index (κ2) is 3.14. The lowest BCUT2D eigenvalue weighted by Gasteiger charge is -2.00. The fourth-order valence-electron chi connectivity index (χ4n) is 0.969. The van der Waals surface area contributed by atoms with Crippen molar-refractivity contribution in [3.05, 3.63) is 41.7 Å². The summed E-state index contributed by atoms with van der Waals surface area (Å²) >= 11 is 5.52. The van der Waals surface area contributed by atoms with E-state index in [4.69, 9.17) is 11.6 Å². The third-order valence-electron chi connectivity index (χ3n) is 1.59. The minimum Gasteiger partial charge on any atom is -0.223 e. The second-order valence-electron chi connectivity index (χ2n) is 2.44. The fourth-order valence-corrected chi connectivity index (χ4v) is 1.09. The Morgan fingerprint density at radius 1 is 1.38 bits per heavy atom. The van der Waals surface area contributed by atoms with Gasteiger partial charge >= 0.3 is 0 Å². The van der Waals surface area contributed by atoms with Crippen molar-refractivity contribution in [3.8, 4) is 5.69 Å². The first-order valence-electron chi connectivity index (χ1n) is 3.57. The lowest BCUT2D eigenvalue weighted by atomic mass is 10.3. The molecule has 0 spiro atoms. The molecule has 2 rings (SSSR count). The first-order chi connectivity index (χ1) is 6.27. The van der Waals surface area contributed by atoms with Crippen molar-refractivity contribution in [2.75, 3.05) is 0 Å². The molecule has 0 radical (unpaired) electrons. The zero-order valence-corrected chi connectivity index (χ0v) is 7.24. The summed E-state index contributed by atoms with van der Waals surface area (Å²) in [4.78, 5) is 3.75. The van der Waals surface area contributed by atoms with Gasteiger partial charge in [0.2, 0.25) is 0 Å². The van der Waals surface area contributed by atoms with E-state index in [0.29, 0.717) is 5.69 Å². The number of aromatic nitrogens is 3. The summed E-state index contributed by atoms with van der Waals surface area (Å²) in [6, 6.07) is 4.45. The van der Waals surface area contributed by atoms with Crippen LogP contribution < -0.4 is 0 Å². The van der Waals surface area contributed by atoms with Crippen LogP contribution in [-0.2, 0) is 0 Å². The number of rotatable bonds is 1. The third kappa shape index (κ3) is 1.53. The summed E-state index contributed by atoms with van der Waals surface area (Å²) < 4.78 is 14.4. The zero-order valence-electron chi connectivity index (χ0n) is 6.48. The molecule has 3 nitrogen and oxygen atoms in total. The molecule has 0 aliphatic carbocycles. The number of nitrogens with zero attached hydrogens (tertiary/aromatic N) is 3. The van der Waals surface area contributed by atoms with Crippen LogP contribution in [0.3, 0.4) is 0 Å². The smallest absolute Gasteiger partial charge is 0.143 e. The van der Waals surface area contributed by atoms with Gasteiger partial charge in [-0.25, -0.2) is 14.1 Å². The predicted molar refractivity (Wildman–Crippen MR) is 46.3 cm³/mol. The lowest BCUT2D eigenvalue weighted by molar-refractivity contribution is 0.626. The van der Waals surface area contributed by atoms with Crippen LogP contribution in [0.2, 0.25) is 5.02 Å². The molecule has 0 atom stereocenters. The molecule has 2 aromatic rings. The van der Waals surface area contributed by atoms with E-state index < -0.39 is 5.82 Å². The van der Waals surface area contributed by atoms with Crippen molar-refractivity contribution in [1.29, 1.82) is 0 Å². The van der Waals surface area contributed by atoms with Gasteiger partial charge in [0.1, 0.15) is 18.5 Å². The van der Waals surface area contributed by atoms with Crippen molar-refractivity contribution in [2.24, 2.45) is 0 Å². The van der Waals surface area contributed by atoms with Crippen molar-refractivity contribution in [2.45, 2.75) is 0 Å².